The largest absolute Gasteiger partial charge is 0.346 e. The van der Waals surface area contributed by atoms with Crippen molar-refractivity contribution in [2.24, 2.45) is 0 Å². The molecule has 0 spiro atoms. The van der Waals surface area contributed by atoms with Gasteiger partial charge in [0.1, 0.15) is 0 Å². The molecule has 1 rings (SSSR count). The van der Waals surface area contributed by atoms with E-state index in [0.29, 0.717) is 12.8 Å². The van der Waals surface area contributed by atoms with Crippen LogP contribution in [-0.2, 0) is 16.0 Å². The van der Waals surface area contributed by atoms with Crippen molar-refractivity contribution in [1.29, 1.82) is 0 Å². The molecule has 0 saturated heterocycles. The number of ketones is 1. The molecule has 0 heterocycles. The van der Waals surface area contributed by atoms with Crippen LogP contribution in [0.4, 0.5) is 0 Å². The van der Waals surface area contributed by atoms with Crippen LogP contribution in [0.1, 0.15) is 25.8 Å². The molecule has 0 aliphatic carbocycles. The van der Waals surface area contributed by atoms with Gasteiger partial charge < -0.3 is 5.32 Å². The summed E-state index contributed by atoms with van der Waals surface area (Å²) in [7, 11) is 0. The van der Waals surface area contributed by atoms with Gasteiger partial charge in [-0.2, -0.15) is 0 Å². The lowest BCUT2D eigenvalue weighted by atomic mass is 10.0. The molecule has 0 aliphatic rings. The molecular weight excluding hydrogens is 202 g/mol. The van der Waals surface area contributed by atoms with Gasteiger partial charge in [-0.1, -0.05) is 37.3 Å². The van der Waals surface area contributed by atoms with Gasteiger partial charge >= 0.3 is 0 Å². The number of carbonyl (C=O) groups is 2. The molecule has 0 saturated carbocycles. The van der Waals surface area contributed by atoms with Crippen LogP contribution in [0.15, 0.2) is 30.3 Å². The van der Waals surface area contributed by atoms with Gasteiger partial charge in [-0.25, -0.2) is 0 Å². The normalized spacial score (nSPS) is 11.9. The summed E-state index contributed by atoms with van der Waals surface area (Å²) in [6.45, 7) is 3.28. The molecule has 1 atom stereocenters. The van der Waals surface area contributed by atoms with Crippen LogP contribution < -0.4 is 5.32 Å². The number of hydrogen-bond acceptors (Lipinski definition) is 2. The van der Waals surface area contributed by atoms with Crippen molar-refractivity contribution in [2.75, 3.05) is 0 Å². The summed E-state index contributed by atoms with van der Waals surface area (Å²) in [5.41, 5.74) is 1.05. The van der Waals surface area contributed by atoms with Crippen LogP contribution in [0.3, 0.4) is 0 Å². The lowest BCUT2D eigenvalue weighted by Crippen LogP contribution is -2.40. The fourth-order valence-corrected chi connectivity index (χ4v) is 1.44. The molecule has 0 aromatic heterocycles. The maximum Gasteiger partial charge on any atom is 0.220 e. The number of benzene rings is 1. The quantitative estimate of drug-likeness (QED) is 0.819. The maximum absolute atomic E-state index is 11.4. The Morgan fingerprint density at radius 3 is 2.38 bits per heavy atom. The van der Waals surface area contributed by atoms with Crippen LogP contribution in [0, 0.1) is 0 Å². The van der Waals surface area contributed by atoms with Crippen molar-refractivity contribution < 1.29 is 9.59 Å². The number of amides is 1. The van der Waals surface area contributed by atoms with E-state index in [1.807, 2.05) is 30.3 Å². The first-order chi connectivity index (χ1) is 7.63. The Bertz CT molecular complexity index is 359. The third kappa shape index (κ3) is 3.85. The van der Waals surface area contributed by atoms with Crippen molar-refractivity contribution in [1.82, 2.24) is 5.32 Å². The predicted octanol–water partition coefficient (Wildman–Crippen LogP) is 1.71. The number of rotatable bonds is 5. The minimum Gasteiger partial charge on any atom is -0.346 e. The number of hydrogen-bond donors (Lipinski definition) is 1. The van der Waals surface area contributed by atoms with E-state index in [1.54, 1.807) is 6.92 Å². The molecular formula is C13H17NO2. The van der Waals surface area contributed by atoms with Crippen molar-refractivity contribution >= 4 is 11.7 Å². The Labute approximate surface area is 95.9 Å². The van der Waals surface area contributed by atoms with Gasteiger partial charge in [-0.05, 0) is 18.9 Å². The lowest BCUT2D eigenvalue weighted by Gasteiger charge is -2.15. The summed E-state index contributed by atoms with van der Waals surface area (Å²) in [6.07, 6.45) is 0.959. The second-order valence-electron chi connectivity index (χ2n) is 3.77. The summed E-state index contributed by atoms with van der Waals surface area (Å²) < 4.78 is 0. The smallest absolute Gasteiger partial charge is 0.220 e. The fourth-order valence-electron chi connectivity index (χ4n) is 1.44. The summed E-state index contributed by atoms with van der Waals surface area (Å²) in [6, 6.07) is 9.27. The molecule has 1 amide bonds. The topological polar surface area (TPSA) is 46.2 Å². The Hall–Kier alpha value is -1.64. The number of nitrogens with one attached hydrogen (secondary N) is 1. The molecule has 0 fully saturated rings. The van der Waals surface area contributed by atoms with Gasteiger partial charge in [0.25, 0.3) is 0 Å². The average molecular weight is 219 g/mol. The standard InChI is InChI=1S/C13H17NO2/c1-3-13(16)14-12(10(2)15)9-11-7-5-4-6-8-11/h4-8,12H,3,9H2,1-2H3,(H,14,16)/t12-/m0/s1. The van der Waals surface area contributed by atoms with E-state index in [0.717, 1.165) is 5.56 Å². The van der Waals surface area contributed by atoms with Gasteiger partial charge in [0.05, 0.1) is 6.04 Å². The van der Waals surface area contributed by atoms with Crippen LogP contribution in [0.2, 0.25) is 0 Å². The van der Waals surface area contributed by atoms with Crippen LogP contribution in [-0.4, -0.2) is 17.7 Å². The molecule has 0 aliphatic heterocycles. The fraction of sp³-hybridized carbons (Fsp3) is 0.385. The highest BCUT2D eigenvalue weighted by Gasteiger charge is 2.16. The molecule has 0 bridgehead atoms. The Morgan fingerprint density at radius 1 is 1.25 bits per heavy atom. The second-order valence-corrected chi connectivity index (χ2v) is 3.77. The molecule has 86 valence electrons. The number of carbonyl (C=O) groups excluding carboxylic acids is 2. The number of Topliss-reactive ketones (excluding diaryl/α,β-unsaturated/α-hetero) is 1. The van der Waals surface area contributed by atoms with Crippen molar-refractivity contribution in [2.45, 2.75) is 32.7 Å². The van der Waals surface area contributed by atoms with E-state index in [2.05, 4.69) is 5.32 Å². The molecule has 0 radical (unpaired) electrons. The van der Waals surface area contributed by atoms with E-state index >= 15 is 0 Å². The minimum absolute atomic E-state index is 0.00865. The molecule has 1 aromatic carbocycles. The Morgan fingerprint density at radius 2 is 1.88 bits per heavy atom. The molecule has 16 heavy (non-hydrogen) atoms. The Balaban J connectivity index is 2.65. The third-order valence-electron chi connectivity index (χ3n) is 2.43. The average Bonchev–Trinajstić information content (AvgIpc) is 2.29. The molecule has 1 aromatic rings. The zero-order valence-electron chi connectivity index (χ0n) is 9.69. The summed E-state index contributed by atoms with van der Waals surface area (Å²) in [4.78, 5) is 22.6. The highest BCUT2D eigenvalue weighted by molar-refractivity contribution is 5.87. The molecule has 3 heteroatoms. The molecule has 0 unspecified atom stereocenters. The van der Waals surface area contributed by atoms with Gasteiger partial charge in [0, 0.05) is 6.42 Å². The minimum atomic E-state index is -0.408. The highest BCUT2D eigenvalue weighted by Crippen LogP contribution is 2.04. The third-order valence-corrected chi connectivity index (χ3v) is 2.43. The lowest BCUT2D eigenvalue weighted by molar-refractivity contribution is -0.126. The van der Waals surface area contributed by atoms with Gasteiger partial charge in [0.2, 0.25) is 5.91 Å². The van der Waals surface area contributed by atoms with Crippen molar-refractivity contribution in [3.05, 3.63) is 35.9 Å². The molecule has 3 nitrogen and oxygen atoms in total. The summed E-state index contributed by atoms with van der Waals surface area (Å²) in [5.74, 6) is -0.0956. The van der Waals surface area contributed by atoms with Gasteiger partial charge in [-0.15, -0.1) is 0 Å². The van der Waals surface area contributed by atoms with E-state index in [9.17, 15) is 9.59 Å². The van der Waals surface area contributed by atoms with Crippen LogP contribution >= 0.6 is 0 Å². The molecule has 1 N–H and O–H groups in total. The van der Waals surface area contributed by atoms with Crippen molar-refractivity contribution in [3.8, 4) is 0 Å². The zero-order chi connectivity index (χ0) is 12.0. The first-order valence-electron chi connectivity index (χ1n) is 5.47. The monoisotopic (exact) mass is 219 g/mol. The van der Waals surface area contributed by atoms with Gasteiger partial charge in [0.15, 0.2) is 5.78 Å². The summed E-state index contributed by atoms with van der Waals surface area (Å²) >= 11 is 0. The van der Waals surface area contributed by atoms with Crippen LogP contribution in [0.25, 0.3) is 0 Å². The maximum atomic E-state index is 11.4. The highest BCUT2D eigenvalue weighted by atomic mass is 16.2. The van der Waals surface area contributed by atoms with Gasteiger partial charge in [-0.3, -0.25) is 9.59 Å². The first-order valence-corrected chi connectivity index (χ1v) is 5.47. The van der Waals surface area contributed by atoms with Crippen LogP contribution in [0.5, 0.6) is 0 Å². The first kappa shape index (κ1) is 12.4. The van der Waals surface area contributed by atoms with Crippen molar-refractivity contribution in [3.63, 3.8) is 0 Å². The van der Waals surface area contributed by atoms with E-state index in [-0.39, 0.29) is 11.7 Å². The second kappa shape index (κ2) is 6.05. The van der Waals surface area contributed by atoms with E-state index < -0.39 is 6.04 Å². The predicted molar refractivity (Wildman–Crippen MR) is 63.0 cm³/mol. The zero-order valence-corrected chi connectivity index (χ0v) is 9.69. The Kier molecular flexibility index (Phi) is 4.70. The van der Waals surface area contributed by atoms with E-state index in [1.165, 1.54) is 6.92 Å². The van der Waals surface area contributed by atoms with E-state index in [4.69, 9.17) is 0 Å². The summed E-state index contributed by atoms with van der Waals surface area (Å²) in [5, 5.41) is 2.73. The SMILES string of the molecule is CCC(=O)N[C@@H](Cc1ccccc1)C(C)=O.